The molecule has 0 fully saturated rings. The van der Waals surface area contributed by atoms with Gasteiger partial charge in [-0.1, -0.05) is 29.8 Å². The Morgan fingerprint density at radius 1 is 1.11 bits per heavy atom. The Kier molecular flexibility index (Phi) is 6.20. The highest BCUT2D eigenvalue weighted by atomic mass is 35.5. The zero-order valence-corrected chi connectivity index (χ0v) is 20.0. The number of carbonyl (C=O) groups excluding carboxylic acids is 1. The number of allylic oxidation sites excluding steroid dienone is 1. The topological polar surface area (TPSA) is 94.0 Å². The number of rotatable bonds is 6. The first-order valence-electron chi connectivity index (χ1n) is 11.2. The molecule has 1 amide bonds. The van der Waals surface area contributed by atoms with Crippen LogP contribution in [-0.2, 0) is 4.79 Å². The number of halogens is 1. The Hall–Kier alpha value is -4.17. The molecular formula is C26H23ClN6O2. The number of carbonyl (C=O) groups is 1. The van der Waals surface area contributed by atoms with E-state index in [-0.39, 0.29) is 5.91 Å². The number of aromatic nitrogens is 4. The number of fused-ring (bicyclic) bond motifs is 1. The third-order valence-electron chi connectivity index (χ3n) is 5.61. The van der Waals surface area contributed by atoms with Gasteiger partial charge < -0.3 is 15.4 Å². The number of pyridine rings is 1. The average Bonchev–Trinajstić information content (AvgIpc) is 3.28. The Bertz CT molecular complexity index is 1380. The van der Waals surface area contributed by atoms with Gasteiger partial charge in [-0.2, -0.15) is 4.98 Å². The zero-order chi connectivity index (χ0) is 24.4. The van der Waals surface area contributed by atoms with Crippen LogP contribution in [0.4, 0.5) is 11.8 Å². The van der Waals surface area contributed by atoms with Crippen LogP contribution in [0.15, 0.2) is 84.2 Å². The van der Waals surface area contributed by atoms with Gasteiger partial charge in [0.2, 0.25) is 5.95 Å². The number of hydrogen-bond acceptors (Lipinski definition) is 6. The molecule has 1 aliphatic heterocycles. The van der Waals surface area contributed by atoms with E-state index in [4.69, 9.17) is 26.4 Å². The Labute approximate surface area is 207 Å². The standard InChI is InChI=1S/C26H23ClN6O2/c1-3-35-20-13-9-17(10-14-20)23-22(25(34)30-21-6-4-5-15-28-21)16(2)29-26-31-24(32-33(23)26)18-7-11-19(27)12-8-18/h4-15,23H,3H2,1-2H3,(H,28,30,34)(H,29,31,32). The SMILES string of the molecule is CCOc1ccc(C2C(C(=O)Nc3ccccn3)=C(C)Nc3nc(-c4ccc(Cl)cc4)nn32)cc1. The average molecular weight is 487 g/mol. The summed E-state index contributed by atoms with van der Waals surface area (Å²) in [5, 5.41) is 11.6. The number of nitrogens with one attached hydrogen (secondary N) is 2. The molecule has 5 rings (SSSR count). The quantitative estimate of drug-likeness (QED) is 0.383. The first kappa shape index (κ1) is 22.6. The van der Waals surface area contributed by atoms with Gasteiger partial charge >= 0.3 is 0 Å². The molecule has 4 aromatic rings. The van der Waals surface area contributed by atoms with Gasteiger partial charge in [0.1, 0.15) is 17.6 Å². The lowest BCUT2D eigenvalue weighted by Crippen LogP contribution is -2.31. The third-order valence-corrected chi connectivity index (χ3v) is 5.86. The van der Waals surface area contributed by atoms with Gasteiger partial charge in [-0.05, 0) is 67.9 Å². The molecule has 2 N–H and O–H groups in total. The molecule has 0 bridgehead atoms. The fraction of sp³-hybridized carbons (Fsp3) is 0.154. The van der Waals surface area contributed by atoms with Crippen molar-refractivity contribution in [2.24, 2.45) is 0 Å². The van der Waals surface area contributed by atoms with Crippen molar-refractivity contribution in [3.05, 3.63) is 94.8 Å². The zero-order valence-electron chi connectivity index (χ0n) is 19.2. The first-order chi connectivity index (χ1) is 17.0. The van der Waals surface area contributed by atoms with E-state index in [1.165, 1.54) is 0 Å². The molecule has 9 heteroatoms. The number of nitrogens with zero attached hydrogens (tertiary/aromatic N) is 4. The van der Waals surface area contributed by atoms with E-state index in [0.29, 0.717) is 40.5 Å². The minimum Gasteiger partial charge on any atom is -0.494 e. The van der Waals surface area contributed by atoms with Crippen LogP contribution >= 0.6 is 11.6 Å². The fourth-order valence-corrected chi connectivity index (χ4v) is 4.13. The van der Waals surface area contributed by atoms with Gasteiger partial charge in [0.05, 0.1) is 12.2 Å². The summed E-state index contributed by atoms with van der Waals surface area (Å²) in [6, 6.07) is 19.8. The monoisotopic (exact) mass is 486 g/mol. The molecule has 2 aromatic heterocycles. The molecule has 3 heterocycles. The predicted molar refractivity (Wildman–Crippen MR) is 135 cm³/mol. The van der Waals surface area contributed by atoms with Crippen LogP contribution in [0.25, 0.3) is 11.4 Å². The molecule has 1 unspecified atom stereocenters. The molecule has 0 saturated heterocycles. The summed E-state index contributed by atoms with van der Waals surface area (Å²) in [6.45, 7) is 4.36. The molecule has 0 spiro atoms. The van der Waals surface area contributed by atoms with Crippen LogP contribution in [0.2, 0.25) is 5.02 Å². The summed E-state index contributed by atoms with van der Waals surface area (Å²) in [7, 11) is 0. The van der Waals surface area contributed by atoms with Crippen molar-refractivity contribution in [1.29, 1.82) is 0 Å². The van der Waals surface area contributed by atoms with Crippen LogP contribution in [0.1, 0.15) is 25.5 Å². The summed E-state index contributed by atoms with van der Waals surface area (Å²) < 4.78 is 7.34. The molecule has 35 heavy (non-hydrogen) atoms. The number of amides is 1. The molecule has 0 radical (unpaired) electrons. The van der Waals surface area contributed by atoms with E-state index in [2.05, 4.69) is 15.6 Å². The lowest BCUT2D eigenvalue weighted by atomic mass is 9.95. The smallest absolute Gasteiger partial charge is 0.257 e. The molecule has 0 aliphatic carbocycles. The van der Waals surface area contributed by atoms with Crippen LogP contribution in [-0.4, -0.2) is 32.3 Å². The fourth-order valence-electron chi connectivity index (χ4n) is 4.01. The first-order valence-corrected chi connectivity index (χ1v) is 11.6. The predicted octanol–water partition coefficient (Wildman–Crippen LogP) is 5.32. The van der Waals surface area contributed by atoms with Crippen molar-refractivity contribution in [2.75, 3.05) is 17.2 Å². The highest BCUT2D eigenvalue weighted by molar-refractivity contribution is 6.30. The molecule has 2 aromatic carbocycles. The van der Waals surface area contributed by atoms with Crippen molar-refractivity contribution >= 4 is 29.3 Å². The number of ether oxygens (including phenoxy) is 1. The van der Waals surface area contributed by atoms with Crippen LogP contribution < -0.4 is 15.4 Å². The Morgan fingerprint density at radius 3 is 2.57 bits per heavy atom. The maximum absolute atomic E-state index is 13.5. The Morgan fingerprint density at radius 2 is 1.89 bits per heavy atom. The summed E-state index contributed by atoms with van der Waals surface area (Å²) in [5.74, 6) is 2.02. The van der Waals surface area contributed by atoms with Crippen molar-refractivity contribution in [3.63, 3.8) is 0 Å². The summed E-state index contributed by atoms with van der Waals surface area (Å²) >= 11 is 6.05. The van der Waals surface area contributed by atoms with Gasteiger partial charge in [0.15, 0.2) is 5.82 Å². The van der Waals surface area contributed by atoms with Crippen LogP contribution in [0.3, 0.4) is 0 Å². The lowest BCUT2D eigenvalue weighted by molar-refractivity contribution is -0.113. The number of benzene rings is 2. The second-order valence-corrected chi connectivity index (χ2v) is 8.38. The minimum absolute atomic E-state index is 0.276. The minimum atomic E-state index is -0.515. The largest absolute Gasteiger partial charge is 0.494 e. The molecular weight excluding hydrogens is 464 g/mol. The van der Waals surface area contributed by atoms with Gasteiger partial charge in [-0.25, -0.2) is 9.67 Å². The second-order valence-electron chi connectivity index (χ2n) is 7.95. The van der Waals surface area contributed by atoms with E-state index in [9.17, 15) is 4.79 Å². The molecule has 0 saturated carbocycles. The van der Waals surface area contributed by atoms with Gasteiger partial charge in [0, 0.05) is 22.5 Å². The van der Waals surface area contributed by atoms with E-state index in [1.807, 2.05) is 56.3 Å². The highest BCUT2D eigenvalue weighted by Gasteiger charge is 2.34. The van der Waals surface area contributed by atoms with Gasteiger partial charge in [-0.15, -0.1) is 5.10 Å². The number of anilines is 2. The maximum atomic E-state index is 13.5. The normalized spacial score (nSPS) is 14.8. The summed E-state index contributed by atoms with van der Waals surface area (Å²) in [6.07, 6.45) is 1.63. The molecule has 1 atom stereocenters. The van der Waals surface area contributed by atoms with Crippen LogP contribution in [0, 0.1) is 0 Å². The molecule has 176 valence electrons. The highest BCUT2D eigenvalue weighted by Crippen LogP contribution is 2.37. The van der Waals surface area contributed by atoms with Crippen molar-refractivity contribution in [3.8, 4) is 17.1 Å². The third kappa shape index (κ3) is 4.61. The number of hydrogen-bond donors (Lipinski definition) is 2. The van der Waals surface area contributed by atoms with Crippen molar-refractivity contribution < 1.29 is 9.53 Å². The van der Waals surface area contributed by atoms with E-state index in [0.717, 1.165) is 16.9 Å². The summed E-state index contributed by atoms with van der Waals surface area (Å²) in [4.78, 5) is 22.4. The van der Waals surface area contributed by atoms with Crippen LogP contribution in [0.5, 0.6) is 5.75 Å². The van der Waals surface area contributed by atoms with Crippen molar-refractivity contribution in [2.45, 2.75) is 19.9 Å². The van der Waals surface area contributed by atoms with E-state index < -0.39 is 6.04 Å². The molecule has 1 aliphatic rings. The van der Waals surface area contributed by atoms with E-state index >= 15 is 0 Å². The Balaban J connectivity index is 1.58. The van der Waals surface area contributed by atoms with Gasteiger partial charge in [0.25, 0.3) is 5.91 Å². The van der Waals surface area contributed by atoms with Gasteiger partial charge in [-0.3, -0.25) is 4.79 Å². The summed E-state index contributed by atoms with van der Waals surface area (Å²) in [5.41, 5.74) is 2.88. The lowest BCUT2D eigenvalue weighted by Gasteiger charge is -2.28. The molecule has 8 nitrogen and oxygen atoms in total. The van der Waals surface area contributed by atoms with E-state index in [1.54, 1.807) is 35.1 Å². The van der Waals surface area contributed by atoms with Crippen molar-refractivity contribution in [1.82, 2.24) is 19.7 Å². The second kappa shape index (κ2) is 9.60. The maximum Gasteiger partial charge on any atom is 0.257 e.